The number of halogens is 1. The highest BCUT2D eigenvalue weighted by molar-refractivity contribution is 5.77. The Morgan fingerprint density at radius 2 is 1.93 bits per heavy atom. The van der Waals surface area contributed by atoms with Gasteiger partial charge in [0.25, 0.3) is 5.56 Å². The monoisotopic (exact) mass is 367 g/mol. The molecule has 1 aromatic carbocycles. The van der Waals surface area contributed by atoms with Crippen LogP contribution in [0.5, 0.6) is 0 Å². The van der Waals surface area contributed by atoms with Gasteiger partial charge in [0.1, 0.15) is 23.3 Å². The van der Waals surface area contributed by atoms with Crippen LogP contribution in [0, 0.1) is 25.6 Å². The fourth-order valence-electron chi connectivity index (χ4n) is 3.74. The first-order valence-electron chi connectivity index (χ1n) is 9.22. The summed E-state index contributed by atoms with van der Waals surface area (Å²) >= 11 is 0. The third kappa shape index (κ3) is 3.54. The van der Waals surface area contributed by atoms with E-state index >= 15 is 0 Å². The summed E-state index contributed by atoms with van der Waals surface area (Å²) in [7, 11) is 0. The van der Waals surface area contributed by atoms with Gasteiger partial charge in [-0.1, -0.05) is 0 Å². The summed E-state index contributed by atoms with van der Waals surface area (Å²) in [4.78, 5) is 28.2. The fourth-order valence-corrected chi connectivity index (χ4v) is 3.74. The van der Waals surface area contributed by atoms with Crippen molar-refractivity contribution in [2.24, 2.45) is 5.92 Å². The Hall–Kier alpha value is -2.83. The molecule has 0 aliphatic carbocycles. The normalized spacial score (nSPS) is 15.4. The number of fused-ring (bicyclic) bond motifs is 1. The van der Waals surface area contributed by atoms with Crippen LogP contribution in [0.25, 0.3) is 10.9 Å². The Morgan fingerprint density at radius 1 is 1.15 bits per heavy atom. The SMILES string of the molecule is Cc1nccc(N2CCC(Cn3c(C)nc4cc(F)ccc4c3=O)CC2)n1. The molecule has 0 atom stereocenters. The molecule has 0 radical (unpaired) electrons. The lowest BCUT2D eigenvalue weighted by Gasteiger charge is -2.33. The maximum absolute atomic E-state index is 13.4. The van der Waals surface area contributed by atoms with Gasteiger partial charge < -0.3 is 4.90 Å². The number of benzene rings is 1. The molecule has 1 aliphatic rings. The topological polar surface area (TPSA) is 63.9 Å². The first-order chi connectivity index (χ1) is 13.0. The van der Waals surface area contributed by atoms with Crippen molar-refractivity contribution in [1.82, 2.24) is 19.5 Å². The van der Waals surface area contributed by atoms with Gasteiger partial charge in [0.15, 0.2) is 0 Å². The second-order valence-corrected chi connectivity index (χ2v) is 7.13. The second kappa shape index (κ2) is 7.06. The molecule has 2 aromatic heterocycles. The Kier molecular flexibility index (Phi) is 4.59. The van der Waals surface area contributed by atoms with E-state index in [2.05, 4.69) is 19.9 Å². The zero-order chi connectivity index (χ0) is 19.0. The molecule has 3 heterocycles. The summed E-state index contributed by atoms with van der Waals surface area (Å²) in [5.41, 5.74) is 0.328. The molecular weight excluding hydrogens is 345 g/mol. The summed E-state index contributed by atoms with van der Waals surface area (Å²) in [6, 6.07) is 6.09. The van der Waals surface area contributed by atoms with Gasteiger partial charge in [0.2, 0.25) is 0 Å². The van der Waals surface area contributed by atoms with Crippen molar-refractivity contribution in [2.75, 3.05) is 18.0 Å². The largest absolute Gasteiger partial charge is 0.356 e. The first-order valence-corrected chi connectivity index (χ1v) is 9.22. The lowest BCUT2D eigenvalue weighted by molar-refractivity contribution is 0.348. The van der Waals surface area contributed by atoms with Crippen molar-refractivity contribution in [3.8, 4) is 0 Å². The van der Waals surface area contributed by atoms with Crippen molar-refractivity contribution >= 4 is 16.7 Å². The minimum Gasteiger partial charge on any atom is -0.356 e. The van der Waals surface area contributed by atoms with Gasteiger partial charge in [-0.3, -0.25) is 9.36 Å². The number of anilines is 1. The van der Waals surface area contributed by atoms with Crippen molar-refractivity contribution in [2.45, 2.75) is 33.2 Å². The molecule has 0 saturated carbocycles. The fraction of sp³-hybridized carbons (Fsp3) is 0.400. The predicted molar refractivity (Wildman–Crippen MR) is 102 cm³/mol. The Balaban J connectivity index is 1.51. The van der Waals surface area contributed by atoms with E-state index in [1.807, 2.05) is 19.9 Å². The van der Waals surface area contributed by atoms with Crippen LogP contribution in [0.2, 0.25) is 0 Å². The van der Waals surface area contributed by atoms with E-state index < -0.39 is 0 Å². The van der Waals surface area contributed by atoms with Crippen LogP contribution in [-0.2, 0) is 6.54 Å². The highest BCUT2D eigenvalue weighted by atomic mass is 19.1. The average molecular weight is 367 g/mol. The van der Waals surface area contributed by atoms with Crippen molar-refractivity contribution < 1.29 is 4.39 Å². The van der Waals surface area contributed by atoms with Crippen LogP contribution in [0.3, 0.4) is 0 Å². The van der Waals surface area contributed by atoms with Crippen LogP contribution in [-0.4, -0.2) is 32.6 Å². The van der Waals surface area contributed by atoms with Crippen molar-refractivity contribution in [1.29, 1.82) is 0 Å². The van der Waals surface area contributed by atoms with E-state index in [1.54, 1.807) is 10.8 Å². The molecule has 6 nitrogen and oxygen atoms in total. The molecule has 0 amide bonds. The van der Waals surface area contributed by atoms with Crippen molar-refractivity contribution in [3.63, 3.8) is 0 Å². The summed E-state index contributed by atoms with van der Waals surface area (Å²) in [6.07, 6.45) is 3.75. The maximum atomic E-state index is 13.4. The molecule has 1 fully saturated rings. The lowest BCUT2D eigenvalue weighted by atomic mass is 9.96. The summed E-state index contributed by atoms with van der Waals surface area (Å²) in [5.74, 6) is 2.39. The lowest BCUT2D eigenvalue weighted by Crippen LogP contribution is -2.37. The van der Waals surface area contributed by atoms with E-state index in [9.17, 15) is 9.18 Å². The van der Waals surface area contributed by atoms with Gasteiger partial charge in [0.05, 0.1) is 10.9 Å². The molecule has 0 spiro atoms. The predicted octanol–water partition coefficient (Wildman–Crippen LogP) is 2.86. The molecule has 1 saturated heterocycles. The molecule has 4 rings (SSSR count). The van der Waals surface area contributed by atoms with Gasteiger partial charge >= 0.3 is 0 Å². The van der Waals surface area contributed by atoms with Gasteiger partial charge in [-0.15, -0.1) is 0 Å². The summed E-state index contributed by atoms with van der Waals surface area (Å²) < 4.78 is 15.1. The van der Waals surface area contributed by atoms with Crippen LogP contribution >= 0.6 is 0 Å². The van der Waals surface area contributed by atoms with Crippen LogP contribution in [0.4, 0.5) is 10.2 Å². The molecule has 7 heteroatoms. The van der Waals surface area contributed by atoms with E-state index in [1.165, 1.54) is 18.2 Å². The molecule has 27 heavy (non-hydrogen) atoms. The minimum atomic E-state index is -0.376. The van der Waals surface area contributed by atoms with Gasteiger partial charge in [-0.05, 0) is 50.8 Å². The number of hydrogen-bond donors (Lipinski definition) is 0. The van der Waals surface area contributed by atoms with Gasteiger partial charge in [-0.25, -0.2) is 19.3 Å². The molecule has 1 aliphatic heterocycles. The second-order valence-electron chi connectivity index (χ2n) is 7.13. The standard InChI is InChI=1S/C20H22FN5O/c1-13-22-8-5-19(23-13)25-9-6-15(7-10-25)12-26-14(2)24-18-11-16(21)3-4-17(18)20(26)27/h3-5,8,11,15H,6-7,9-10,12H2,1-2H3. The van der Waals surface area contributed by atoms with E-state index in [0.717, 1.165) is 37.6 Å². The number of hydrogen-bond acceptors (Lipinski definition) is 5. The minimum absolute atomic E-state index is 0.0913. The maximum Gasteiger partial charge on any atom is 0.261 e. The smallest absolute Gasteiger partial charge is 0.261 e. The number of rotatable bonds is 3. The van der Waals surface area contributed by atoms with E-state index in [-0.39, 0.29) is 11.4 Å². The summed E-state index contributed by atoms with van der Waals surface area (Å²) in [6.45, 7) is 6.15. The zero-order valence-corrected chi connectivity index (χ0v) is 15.5. The molecule has 0 unspecified atom stereocenters. The Bertz CT molecular complexity index is 1040. The van der Waals surface area contributed by atoms with Gasteiger partial charge in [0, 0.05) is 31.9 Å². The zero-order valence-electron chi connectivity index (χ0n) is 15.5. The van der Waals surface area contributed by atoms with Crippen LogP contribution in [0.1, 0.15) is 24.5 Å². The number of nitrogens with zero attached hydrogens (tertiary/aromatic N) is 5. The Labute approximate surface area is 156 Å². The highest BCUT2D eigenvalue weighted by Gasteiger charge is 2.22. The Morgan fingerprint density at radius 3 is 2.67 bits per heavy atom. The molecule has 140 valence electrons. The van der Waals surface area contributed by atoms with E-state index in [4.69, 9.17) is 0 Å². The molecule has 3 aromatic rings. The quantitative estimate of drug-likeness (QED) is 0.712. The summed E-state index contributed by atoms with van der Waals surface area (Å²) in [5, 5.41) is 0.468. The van der Waals surface area contributed by atoms with Crippen LogP contribution in [0.15, 0.2) is 35.3 Å². The number of piperidine rings is 1. The number of aromatic nitrogens is 4. The first kappa shape index (κ1) is 17.6. The van der Waals surface area contributed by atoms with Gasteiger partial charge in [-0.2, -0.15) is 0 Å². The molecule has 0 N–H and O–H groups in total. The van der Waals surface area contributed by atoms with E-state index in [0.29, 0.717) is 29.2 Å². The third-order valence-electron chi connectivity index (χ3n) is 5.25. The third-order valence-corrected chi connectivity index (χ3v) is 5.25. The molecule has 0 bridgehead atoms. The van der Waals surface area contributed by atoms with Crippen molar-refractivity contribution in [3.05, 3.63) is 58.3 Å². The number of aryl methyl sites for hydroxylation is 2. The highest BCUT2D eigenvalue weighted by Crippen LogP contribution is 2.23. The van der Waals surface area contributed by atoms with Crippen LogP contribution < -0.4 is 10.5 Å². The average Bonchev–Trinajstić information content (AvgIpc) is 2.65. The molecular formula is C20H22FN5O.